The molecule has 1 N–H and O–H groups in total. The molecule has 5 heteroatoms. The standard InChI is InChI=1S/C14H15NO4/c1-14(2)11(19-13(17)15-14)8-9-4-6-10(7-5-9)12(16)18-3/h4-8H,1-3H3,(H,15,17)/b11-8-. The zero-order valence-electron chi connectivity index (χ0n) is 11.0. The van der Waals surface area contributed by atoms with Gasteiger partial charge in [-0.1, -0.05) is 12.1 Å². The van der Waals surface area contributed by atoms with E-state index in [1.54, 1.807) is 30.3 Å². The first kappa shape index (κ1) is 13.1. The molecule has 1 fully saturated rings. The Hall–Kier alpha value is -2.30. The van der Waals surface area contributed by atoms with Crippen molar-refractivity contribution in [1.29, 1.82) is 0 Å². The van der Waals surface area contributed by atoms with Gasteiger partial charge in [0.05, 0.1) is 18.2 Å². The van der Waals surface area contributed by atoms with E-state index in [1.807, 2.05) is 13.8 Å². The number of alkyl carbamates (subject to hydrolysis) is 1. The largest absolute Gasteiger partial charge is 0.465 e. The van der Waals surface area contributed by atoms with Gasteiger partial charge in [-0.15, -0.1) is 0 Å². The quantitative estimate of drug-likeness (QED) is 0.830. The van der Waals surface area contributed by atoms with Gasteiger partial charge in [-0.2, -0.15) is 0 Å². The van der Waals surface area contributed by atoms with Gasteiger partial charge in [0.25, 0.3) is 0 Å². The minimum Gasteiger partial charge on any atom is -0.465 e. The van der Waals surface area contributed by atoms with E-state index in [4.69, 9.17) is 4.74 Å². The van der Waals surface area contributed by atoms with Crippen LogP contribution in [-0.4, -0.2) is 24.7 Å². The Balaban J connectivity index is 2.24. The van der Waals surface area contributed by atoms with Crippen molar-refractivity contribution in [2.75, 3.05) is 7.11 Å². The molecule has 1 aromatic rings. The van der Waals surface area contributed by atoms with Crippen molar-refractivity contribution in [2.24, 2.45) is 0 Å². The number of carbonyl (C=O) groups excluding carboxylic acids is 2. The highest BCUT2D eigenvalue weighted by Gasteiger charge is 2.35. The van der Waals surface area contributed by atoms with E-state index in [0.717, 1.165) is 5.56 Å². The summed E-state index contributed by atoms with van der Waals surface area (Å²) in [5, 5.41) is 2.70. The highest BCUT2D eigenvalue weighted by molar-refractivity contribution is 5.89. The highest BCUT2D eigenvalue weighted by Crippen LogP contribution is 2.26. The van der Waals surface area contributed by atoms with Gasteiger partial charge in [-0.3, -0.25) is 0 Å². The summed E-state index contributed by atoms with van der Waals surface area (Å²) in [6, 6.07) is 6.85. The molecule has 0 aromatic heterocycles. The second kappa shape index (κ2) is 4.76. The van der Waals surface area contributed by atoms with Crippen LogP contribution in [0.4, 0.5) is 4.79 Å². The molecule has 0 spiro atoms. The van der Waals surface area contributed by atoms with E-state index in [1.165, 1.54) is 7.11 Å². The lowest BCUT2D eigenvalue weighted by molar-refractivity contribution is 0.0600. The summed E-state index contributed by atoms with van der Waals surface area (Å²) in [7, 11) is 1.34. The Bertz CT molecular complexity index is 543. The zero-order chi connectivity index (χ0) is 14.0. The van der Waals surface area contributed by atoms with Crippen LogP contribution in [0.5, 0.6) is 0 Å². The molecule has 1 aliphatic rings. The van der Waals surface area contributed by atoms with Crippen LogP contribution in [0, 0.1) is 0 Å². The number of benzene rings is 1. The average Bonchev–Trinajstić information content (AvgIpc) is 2.62. The summed E-state index contributed by atoms with van der Waals surface area (Å²) < 4.78 is 9.72. The third-order valence-electron chi connectivity index (χ3n) is 2.86. The van der Waals surface area contributed by atoms with Crippen molar-refractivity contribution in [1.82, 2.24) is 5.32 Å². The van der Waals surface area contributed by atoms with E-state index in [9.17, 15) is 9.59 Å². The first-order valence-electron chi connectivity index (χ1n) is 5.83. The lowest BCUT2D eigenvalue weighted by Crippen LogP contribution is -2.35. The summed E-state index contributed by atoms with van der Waals surface area (Å²) in [4.78, 5) is 22.5. The minimum absolute atomic E-state index is 0.381. The predicted molar refractivity (Wildman–Crippen MR) is 69.5 cm³/mol. The van der Waals surface area contributed by atoms with E-state index >= 15 is 0 Å². The predicted octanol–water partition coefficient (Wildman–Crippen LogP) is 2.33. The summed E-state index contributed by atoms with van der Waals surface area (Å²) in [5.74, 6) is 0.164. The SMILES string of the molecule is COC(=O)c1ccc(/C=C2\OC(=O)NC2(C)C)cc1. The van der Waals surface area contributed by atoms with E-state index < -0.39 is 11.6 Å². The van der Waals surface area contributed by atoms with Crippen LogP contribution in [0.25, 0.3) is 6.08 Å². The van der Waals surface area contributed by atoms with Gasteiger partial charge in [0.15, 0.2) is 0 Å². The minimum atomic E-state index is -0.530. The van der Waals surface area contributed by atoms with Gasteiger partial charge in [0.1, 0.15) is 5.76 Å². The molecule has 0 atom stereocenters. The number of esters is 1. The molecule has 100 valence electrons. The van der Waals surface area contributed by atoms with Crippen LogP contribution in [0.15, 0.2) is 30.0 Å². The molecule has 0 radical (unpaired) electrons. The average molecular weight is 261 g/mol. The molecule has 19 heavy (non-hydrogen) atoms. The molecule has 1 saturated heterocycles. The zero-order valence-corrected chi connectivity index (χ0v) is 11.0. The molecule has 1 aromatic carbocycles. The molecule has 0 bridgehead atoms. The van der Waals surface area contributed by atoms with Crippen molar-refractivity contribution >= 4 is 18.1 Å². The summed E-state index contributed by atoms with van der Waals surface area (Å²) >= 11 is 0. The second-order valence-electron chi connectivity index (χ2n) is 4.76. The van der Waals surface area contributed by atoms with Gasteiger partial charge in [-0.25, -0.2) is 9.59 Å². The number of methoxy groups -OCH3 is 1. The lowest BCUT2D eigenvalue weighted by Gasteiger charge is -2.15. The van der Waals surface area contributed by atoms with Crippen molar-refractivity contribution < 1.29 is 19.1 Å². The molecule has 1 heterocycles. The van der Waals surface area contributed by atoms with Crippen molar-refractivity contribution in [2.45, 2.75) is 19.4 Å². The third kappa shape index (κ3) is 2.76. The van der Waals surface area contributed by atoms with Crippen LogP contribution >= 0.6 is 0 Å². The maximum Gasteiger partial charge on any atom is 0.413 e. The second-order valence-corrected chi connectivity index (χ2v) is 4.76. The summed E-state index contributed by atoms with van der Waals surface area (Å²) in [5.41, 5.74) is 0.788. The number of rotatable bonds is 2. The van der Waals surface area contributed by atoms with Crippen LogP contribution in [0.2, 0.25) is 0 Å². The maximum atomic E-state index is 11.3. The number of ether oxygens (including phenoxy) is 2. The normalized spacial score (nSPS) is 18.9. The Kier molecular flexibility index (Phi) is 3.29. The maximum absolute atomic E-state index is 11.3. The fourth-order valence-corrected chi connectivity index (χ4v) is 1.76. The Morgan fingerprint density at radius 2 is 1.95 bits per heavy atom. The molecule has 5 nitrogen and oxygen atoms in total. The van der Waals surface area contributed by atoms with Crippen LogP contribution in [0.3, 0.4) is 0 Å². The van der Waals surface area contributed by atoms with Gasteiger partial charge in [-0.05, 0) is 37.6 Å². The van der Waals surface area contributed by atoms with Crippen molar-refractivity contribution in [3.8, 4) is 0 Å². The number of cyclic esters (lactones) is 1. The first-order chi connectivity index (χ1) is 8.92. The third-order valence-corrected chi connectivity index (χ3v) is 2.86. The van der Waals surface area contributed by atoms with E-state index in [-0.39, 0.29) is 5.97 Å². The molecular formula is C14H15NO4. The topological polar surface area (TPSA) is 64.6 Å². The molecule has 0 saturated carbocycles. The highest BCUT2D eigenvalue weighted by atomic mass is 16.6. The Morgan fingerprint density at radius 3 is 2.42 bits per heavy atom. The fourth-order valence-electron chi connectivity index (χ4n) is 1.76. The van der Waals surface area contributed by atoms with Crippen molar-refractivity contribution in [3.05, 3.63) is 41.2 Å². The van der Waals surface area contributed by atoms with Gasteiger partial charge < -0.3 is 14.8 Å². The fraction of sp³-hybridized carbons (Fsp3) is 0.286. The summed E-state index contributed by atoms with van der Waals surface area (Å²) in [6.07, 6.45) is 1.31. The van der Waals surface area contributed by atoms with Gasteiger partial charge >= 0.3 is 12.1 Å². The molecule has 2 rings (SSSR count). The van der Waals surface area contributed by atoms with E-state index in [0.29, 0.717) is 11.3 Å². The van der Waals surface area contributed by atoms with Crippen molar-refractivity contribution in [3.63, 3.8) is 0 Å². The van der Waals surface area contributed by atoms with Gasteiger partial charge in [0.2, 0.25) is 0 Å². The van der Waals surface area contributed by atoms with E-state index in [2.05, 4.69) is 10.1 Å². The molecule has 0 aliphatic carbocycles. The molecular weight excluding hydrogens is 246 g/mol. The van der Waals surface area contributed by atoms with Crippen LogP contribution < -0.4 is 5.32 Å². The lowest BCUT2D eigenvalue weighted by atomic mass is 10.0. The Labute approximate surface area is 111 Å². The van der Waals surface area contributed by atoms with Crippen LogP contribution in [-0.2, 0) is 9.47 Å². The van der Waals surface area contributed by atoms with Gasteiger partial charge in [0, 0.05) is 0 Å². The number of amides is 1. The number of carbonyl (C=O) groups is 2. The van der Waals surface area contributed by atoms with Crippen LogP contribution in [0.1, 0.15) is 29.8 Å². The number of nitrogens with one attached hydrogen (secondary N) is 1. The monoisotopic (exact) mass is 261 g/mol. The summed E-state index contributed by atoms with van der Waals surface area (Å²) in [6.45, 7) is 3.71. The molecule has 1 aliphatic heterocycles. The first-order valence-corrected chi connectivity index (χ1v) is 5.83. The Morgan fingerprint density at radius 1 is 1.32 bits per heavy atom. The number of hydrogen-bond donors (Lipinski definition) is 1. The number of hydrogen-bond acceptors (Lipinski definition) is 4. The molecule has 1 amide bonds. The molecule has 0 unspecified atom stereocenters. The smallest absolute Gasteiger partial charge is 0.413 e.